The largest absolute Gasteiger partial charge is 0.491 e. The van der Waals surface area contributed by atoms with Gasteiger partial charge in [-0.15, -0.1) is 0 Å². The summed E-state index contributed by atoms with van der Waals surface area (Å²) in [6.45, 7) is 2.58. The fourth-order valence-corrected chi connectivity index (χ4v) is 1.11. The number of benzene rings is 1. The van der Waals surface area contributed by atoms with E-state index in [9.17, 15) is 0 Å². The lowest BCUT2D eigenvalue weighted by molar-refractivity contribution is 0.122. The summed E-state index contributed by atoms with van der Waals surface area (Å²) < 4.78 is 10.4. The zero-order valence-corrected chi connectivity index (χ0v) is 8.56. The monoisotopic (exact) mass is 196 g/mol. The van der Waals surface area contributed by atoms with Crippen LogP contribution in [0.3, 0.4) is 0 Å². The summed E-state index contributed by atoms with van der Waals surface area (Å²) in [4.78, 5) is 0. The van der Waals surface area contributed by atoms with Gasteiger partial charge in [0, 0.05) is 7.11 Å². The Morgan fingerprint density at radius 2 is 2.21 bits per heavy atom. The molecule has 0 radical (unpaired) electrons. The Morgan fingerprint density at radius 3 is 2.86 bits per heavy atom. The van der Waals surface area contributed by atoms with E-state index in [-0.39, 0.29) is 0 Å². The molecule has 0 saturated carbocycles. The van der Waals surface area contributed by atoms with E-state index in [0.29, 0.717) is 13.2 Å². The molecule has 1 aromatic carbocycles. The summed E-state index contributed by atoms with van der Waals surface area (Å²) in [7, 11) is 1.66. The van der Waals surface area contributed by atoms with Crippen molar-refractivity contribution in [2.45, 2.75) is 19.6 Å². The molecule has 14 heavy (non-hydrogen) atoms. The van der Waals surface area contributed by atoms with E-state index >= 15 is 0 Å². The summed E-state index contributed by atoms with van der Waals surface area (Å²) in [5.74, 6) is 0.764. The minimum absolute atomic E-state index is 0.316. The van der Waals surface area contributed by atoms with Crippen LogP contribution in [-0.2, 0) is 11.3 Å². The van der Waals surface area contributed by atoms with Crippen molar-refractivity contribution in [3.05, 3.63) is 29.8 Å². The third-order valence-corrected chi connectivity index (χ3v) is 1.70. The van der Waals surface area contributed by atoms with Crippen LogP contribution in [0, 0.1) is 0 Å². The van der Waals surface area contributed by atoms with Crippen molar-refractivity contribution < 1.29 is 14.6 Å². The van der Waals surface area contributed by atoms with E-state index in [0.717, 1.165) is 11.3 Å². The van der Waals surface area contributed by atoms with Crippen LogP contribution in [0.15, 0.2) is 24.3 Å². The highest BCUT2D eigenvalue weighted by atomic mass is 16.5. The Labute approximate surface area is 84.3 Å². The van der Waals surface area contributed by atoms with Crippen molar-refractivity contribution in [3.8, 4) is 5.75 Å². The Morgan fingerprint density at radius 1 is 1.43 bits per heavy atom. The first-order valence-corrected chi connectivity index (χ1v) is 4.61. The predicted molar refractivity (Wildman–Crippen MR) is 54.3 cm³/mol. The normalized spacial score (nSPS) is 12.5. The van der Waals surface area contributed by atoms with Gasteiger partial charge in [0.2, 0.25) is 0 Å². The zero-order valence-electron chi connectivity index (χ0n) is 8.56. The molecule has 1 N–H and O–H groups in total. The highest BCUT2D eigenvalue weighted by molar-refractivity contribution is 5.28. The Kier molecular flexibility index (Phi) is 4.43. The average Bonchev–Trinajstić information content (AvgIpc) is 2.16. The van der Waals surface area contributed by atoms with Gasteiger partial charge in [-0.25, -0.2) is 0 Å². The summed E-state index contributed by atoms with van der Waals surface area (Å²) in [5, 5.41) is 9.04. The van der Waals surface area contributed by atoms with Crippen LogP contribution >= 0.6 is 0 Å². The van der Waals surface area contributed by atoms with E-state index in [2.05, 4.69) is 0 Å². The van der Waals surface area contributed by atoms with E-state index in [1.54, 1.807) is 14.0 Å². The summed E-state index contributed by atoms with van der Waals surface area (Å²) in [6, 6.07) is 7.65. The molecule has 3 nitrogen and oxygen atoms in total. The first-order chi connectivity index (χ1) is 6.72. The lowest BCUT2D eigenvalue weighted by Gasteiger charge is -2.09. The van der Waals surface area contributed by atoms with Crippen molar-refractivity contribution in [1.29, 1.82) is 0 Å². The fourth-order valence-electron chi connectivity index (χ4n) is 1.11. The SMILES string of the molecule is COCc1cccc(OCC(C)O)c1. The minimum Gasteiger partial charge on any atom is -0.491 e. The smallest absolute Gasteiger partial charge is 0.119 e. The molecule has 0 saturated heterocycles. The van der Waals surface area contributed by atoms with Crippen molar-refractivity contribution in [1.82, 2.24) is 0 Å². The van der Waals surface area contributed by atoms with Crippen LogP contribution in [0.25, 0.3) is 0 Å². The molecule has 0 bridgehead atoms. The van der Waals surface area contributed by atoms with E-state index in [1.165, 1.54) is 0 Å². The molecule has 0 aromatic heterocycles. The van der Waals surface area contributed by atoms with E-state index in [1.807, 2.05) is 24.3 Å². The number of aliphatic hydroxyl groups excluding tert-OH is 1. The van der Waals surface area contributed by atoms with E-state index in [4.69, 9.17) is 14.6 Å². The van der Waals surface area contributed by atoms with Gasteiger partial charge in [-0.3, -0.25) is 0 Å². The molecule has 1 aromatic rings. The van der Waals surface area contributed by atoms with Crippen LogP contribution in [0.5, 0.6) is 5.75 Å². The average molecular weight is 196 g/mol. The van der Waals surface area contributed by atoms with Crippen molar-refractivity contribution in [2.24, 2.45) is 0 Å². The minimum atomic E-state index is -0.443. The van der Waals surface area contributed by atoms with Crippen LogP contribution in [0.2, 0.25) is 0 Å². The van der Waals surface area contributed by atoms with Gasteiger partial charge in [0.15, 0.2) is 0 Å². The second-order valence-corrected chi connectivity index (χ2v) is 3.24. The molecule has 3 heteroatoms. The van der Waals surface area contributed by atoms with Gasteiger partial charge >= 0.3 is 0 Å². The van der Waals surface area contributed by atoms with Crippen molar-refractivity contribution in [3.63, 3.8) is 0 Å². The van der Waals surface area contributed by atoms with Crippen LogP contribution in [0.1, 0.15) is 12.5 Å². The van der Waals surface area contributed by atoms with Crippen LogP contribution in [0.4, 0.5) is 0 Å². The molecule has 1 unspecified atom stereocenters. The zero-order chi connectivity index (χ0) is 10.4. The highest BCUT2D eigenvalue weighted by Crippen LogP contribution is 2.13. The van der Waals surface area contributed by atoms with Crippen molar-refractivity contribution >= 4 is 0 Å². The molecule has 1 rings (SSSR count). The maximum absolute atomic E-state index is 9.04. The second kappa shape index (κ2) is 5.62. The number of hydrogen-bond donors (Lipinski definition) is 1. The third-order valence-electron chi connectivity index (χ3n) is 1.70. The highest BCUT2D eigenvalue weighted by Gasteiger charge is 1.99. The third kappa shape index (κ3) is 3.77. The standard InChI is InChI=1S/C11H16O3/c1-9(12)7-14-11-5-3-4-10(6-11)8-13-2/h3-6,9,12H,7-8H2,1-2H3. The Balaban J connectivity index is 2.54. The molecule has 78 valence electrons. The number of methoxy groups -OCH3 is 1. The molecule has 0 aliphatic carbocycles. The van der Waals surface area contributed by atoms with Crippen LogP contribution in [-0.4, -0.2) is 24.9 Å². The van der Waals surface area contributed by atoms with Gasteiger partial charge in [0.25, 0.3) is 0 Å². The van der Waals surface area contributed by atoms with Gasteiger partial charge < -0.3 is 14.6 Å². The fraction of sp³-hybridized carbons (Fsp3) is 0.455. The summed E-state index contributed by atoms with van der Waals surface area (Å²) in [5.41, 5.74) is 1.07. The number of hydrogen-bond acceptors (Lipinski definition) is 3. The van der Waals surface area contributed by atoms with Gasteiger partial charge in [0.05, 0.1) is 12.7 Å². The first kappa shape index (κ1) is 11.0. The molecule has 0 amide bonds. The quantitative estimate of drug-likeness (QED) is 0.777. The molecule has 0 heterocycles. The summed E-state index contributed by atoms with van der Waals surface area (Å²) >= 11 is 0. The molecular weight excluding hydrogens is 180 g/mol. The molecule has 0 aliphatic rings. The van der Waals surface area contributed by atoms with Gasteiger partial charge in [0.1, 0.15) is 12.4 Å². The number of rotatable bonds is 5. The molecule has 0 spiro atoms. The predicted octanol–water partition coefficient (Wildman–Crippen LogP) is 1.59. The Hall–Kier alpha value is -1.06. The lowest BCUT2D eigenvalue weighted by Crippen LogP contribution is -2.12. The van der Waals surface area contributed by atoms with Gasteiger partial charge in [-0.05, 0) is 24.6 Å². The Bertz CT molecular complexity index is 271. The molecule has 0 aliphatic heterocycles. The molecule has 1 atom stereocenters. The maximum Gasteiger partial charge on any atom is 0.119 e. The van der Waals surface area contributed by atoms with Crippen LogP contribution < -0.4 is 4.74 Å². The lowest BCUT2D eigenvalue weighted by atomic mass is 10.2. The van der Waals surface area contributed by atoms with Gasteiger partial charge in [-0.1, -0.05) is 12.1 Å². The van der Waals surface area contributed by atoms with Crippen molar-refractivity contribution in [2.75, 3.05) is 13.7 Å². The topological polar surface area (TPSA) is 38.7 Å². The van der Waals surface area contributed by atoms with Gasteiger partial charge in [-0.2, -0.15) is 0 Å². The second-order valence-electron chi connectivity index (χ2n) is 3.24. The molecular formula is C11H16O3. The van der Waals surface area contributed by atoms with E-state index < -0.39 is 6.10 Å². The maximum atomic E-state index is 9.04. The summed E-state index contributed by atoms with van der Waals surface area (Å²) in [6.07, 6.45) is -0.443. The molecule has 0 fully saturated rings. The number of aliphatic hydroxyl groups is 1. The number of ether oxygens (including phenoxy) is 2. The first-order valence-electron chi connectivity index (χ1n) is 4.61.